The molecule has 1 aromatic carbocycles. The average molecular weight is 241 g/mol. The number of hydrogen-bond donors (Lipinski definition) is 2. The van der Waals surface area contributed by atoms with E-state index in [0.717, 1.165) is 12.0 Å². The van der Waals surface area contributed by atoms with Crippen LogP contribution in [0.1, 0.15) is 36.9 Å². The molecule has 0 fully saturated rings. The highest BCUT2D eigenvalue weighted by molar-refractivity contribution is 5.85. The van der Waals surface area contributed by atoms with Gasteiger partial charge in [0.15, 0.2) is 0 Å². The molecule has 0 amide bonds. The third-order valence-corrected chi connectivity index (χ3v) is 2.44. The Bertz CT molecular complexity index is 362. The van der Waals surface area contributed by atoms with E-state index in [1.165, 1.54) is 0 Å². The maximum absolute atomic E-state index is 9.76. The fraction of sp³-hybridized carbons (Fsp3) is 0.417. The van der Waals surface area contributed by atoms with Crippen LogP contribution in [-0.2, 0) is 0 Å². The molecule has 0 heterocycles. The summed E-state index contributed by atoms with van der Waals surface area (Å²) in [5.41, 5.74) is 7.16. The van der Waals surface area contributed by atoms with Gasteiger partial charge < -0.3 is 10.8 Å². The number of aliphatic hydroxyl groups excluding tert-OH is 1. The number of halogens is 1. The number of hydrogen-bond acceptors (Lipinski definition) is 3. The van der Waals surface area contributed by atoms with E-state index in [4.69, 9.17) is 11.0 Å². The summed E-state index contributed by atoms with van der Waals surface area (Å²) in [4.78, 5) is 0. The summed E-state index contributed by atoms with van der Waals surface area (Å²) in [6, 6.07) is 8.74. The minimum Gasteiger partial charge on any atom is -0.391 e. The van der Waals surface area contributed by atoms with Crippen LogP contribution >= 0.6 is 12.4 Å². The van der Waals surface area contributed by atoms with E-state index in [1.807, 2.05) is 13.0 Å². The molecule has 88 valence electrons. The molecule has 16 heavy (non-hydrogen) atoms. The van der Waals surface area contributed by atoms with Gasteiger partial charge in [-0.1, -0.05) is 31.5 Å². The van der Waals surface area contributed by atoms with Gasteiger partial charge in [-0.25, -0.2) is 0 Å². The van der Waals surface area contributed by atoms with Crippen LogP contribution in [-0.4, -0.2) is 11.2 Å². The normalized spacial score (nSPS) is 13.4. The van der Waals surface area contributed by atoms with E-state index in [1.54, 1.807) is 18.2 Å². The monoisotopic (exact) mass is 240 g/mol. The second-order valence-electron chi connectivity index (χ2n) is 3.58. The summed E-state index contributed by atoms with van der Waals surface area (Å²) in [5, 5.41) is 18.6. The summed E-state index contributed by atoms with van der Waals surface area (Å²) < 4.78 is 0. The third-order valence-electron chi connectivity index (χ3n) is 2.44. The van der Waals surface area contributed by atoms with Crippen molar-refractivity contribution in [3.05, 3.63) is 35.4 Å². The van der Waals surface area contributed by atoms with Crippen LogP contribution in [0.25, 0.3) is 0 Å². The zero-order chi connectivity index (χ0) is 11.3. The first-order valence-corrected chi connectivity index (χ1v) is 5.13. The fourth-order valence-electron chi connectivity index (χ4n) is 1.57. The Morgan fingerprint density at radius 2 is 2.06 bits per heavy atom. The van der Waals surface area contributed by atoms with Crippen molar-refractivity contribution in [2.45, 2.75) is 31.9 Å². The van der Waals surface area contributed by atoms with Crippen LogP contribution in [0.4, 0.5) is 0 Å². The summed E-state index contributed by atoms with van der Waals surface area (Å²) in [7, 11) is 0. The Kier molecular flexibility index (Phi) is 6.75. The molecule has 0 bridgehead atoms. The maximum atomic E-state index is 9.76. The molecule has 0 saturated carbocycles. The van der Waals surface area contributed by atoms with E-state index < -0.39 is 12.1 Å². The number of rotatable bonds is 4. The van der Waals surface area contributed by atoms with Crippen LogP contribution in [0.3, 0.4) is 0 Å². The van der Waals surface area contributed by atoms with Crippen LogP contribution in [0.5, 0.6) is 0 Å². The molecule has 0 saturated heterocycles. The Labute approximate surface area is 102 Å². The van der Waals surface area contributed by atoms with Gasteiger partial charge in [0, 0.05) is 0 Å². The topological polar surface area (TPSA) is 70.0 Å². The van der Waals surface area contributed by atoms with Crippen LogP contribution in [0.15, 0.2) is 24.3 Å². The highest BCUT2D eigenvalue weighted by Crippen LogP contribution is 2.20. The maximum Gasteiger partial charge on any atom is 0.0995 e. The first kappa shape index (κ1) is 14.9. The molecule has 0 spiro atoms. The Morgan fingerprint density at radius 1 is 1.44 bits per heavy atom. The SMILES string of the molecule is CCC[C@H](O)[C@H](N)c1ccccc1C#N.Cl. The van der Waals surface area contributed by atoms with E-state index in [2.05, 4.69) is 6.07 Å². The van der Waals surface area contributed by atoms with Crippen molar-refractivity contribution < 1.29 is 5.11 Å². The molecule has 3 N–H and O–H groups in total. The second-order valence-corrected chi connectivity index (χ2v) is 3.58. The summed E-state index contributed by atoms with van der Waals surface area (Å²) in [5.74, 6) is 0. The van der Waals surface area contributed by atoms with Crippen LogP contribution < -0.4 is 5.73 Å². The summed E-state index contributed by atoms with van der Waals surface area (Å²) in [6.07, 6.45) is 0.953. The minimum absolute atomic E-state index is 0. The summed E-state index contributed by atoms with van der Waals surface area (Å²) >= 11 is 0. The van der Waals surface area contributed by atoms with Crippen molar-refractivity contribution in [1.82, 2.24) is 0 Å². The van der Waals surface area contributed by atoms with E-state index in [0.29, 0.717) is 12.0 Å². The quantitative estimate of drug-likeness (QED) is 0.847. The molecule has 1 rings (SSSR count). The number of nitrogens with zero attached hydrogens (tertiary/aromatic N) is 1. The van der Waals surface area contributed by atoms with Gasteiger partial charge in [0.25, 0.3) is 0 Å². The molecule has 0 aromatic heterocycles. The fourth-order valence-corrected chi connectivity index (χ4v) is 1.57. The first-order chi connectivity index (χ1) is 7.20. The minimum atomic E-state index is -0.579. The van der Waals surface area contributed by atoms with E-state index >= 15 is 0 Å². The molecule has 0 aliphatic heterocycles. The van der Waals surface area contributed by atoms with Gasteiger partial charge in [0.2, 0.25) is 0 Å². The molecule has 2 atom stereocenters. The number of benzene rings is 1. The lowest BCUT2D eigenvalue weighted by Crippen LogP contribution is -2.26. The Hall–Kier alpha value is -1.08. The van der Waals surface area contributed by atoms with Gasteiger partial charge in [-0.05, 0) is 18.1 Å². The Balaban J connectivity index is 0.00000225. The Morgan fingerprint density at radius 3 is 2.62 bits per heavy atom. The van der Waals surface area contributed by atoms with Crippen molar-refractivity contribution in [3.63, 3.8) is 0 Å². The molecule has 0 radical (unpaired) electrons. The predicted molar refractivity (Wildman–Crippen MR) is 66.2 cm³/mol. The molecule has 0 unspecified atom stereocenters. The van der Waals surface area contributed by atoms with Crippen molar-refractivity contribution in [3.8, 4) is 6.07 Å². The molecule has 4 heteroatoms. The van der Waals surface area contributed by atoms with Crippen molar-refractivity contribution in [2.24, 2.45) is 5.73 Å². The zero-order valence-corrected chi connectivity index (χ0v) is 10.1. The lowest BCUT2D eigenvalue weighted by atomic mass is 9.95. The van der Waals surface area contributed by atoms with Gasteiger partial charge in [0.05, 0.1) is 23.8 Å². The van der Waals surface area contributed by atoms with E-state index in [-0.39, 0.29) is 12.4 Å². The molecule has 0 aliphatic rings. The highest BCUT2D eigenvalue weighted by atomic mass is 35.5. The average Bonchev–Trinajstić information content (AvgIpc) is 2.28. The van der Waals surface area contributed by atoms with Gasteiger partial charge in [-0.3, -0.25) is 0 Å². The second kappa shape index (κ2) is 7.24. The van der Waals surface area contributed by atoms with E-state index in [9.17, 15) is 5.11 Å². The van der Waals surface area contributed by atoms with Gasteiger partial charge in [-0.2, -0.15) is 5.26 Å². The zero-order valence-electron chi connectivity index (χ0n) is 9.26. The standard InChI is InChI=1S/C12H16N2O.ClH/c1-2-5-11(15)12(14)10-7-4-3-6-9(10)8-13;/h3-4,6-7,11-12,15H,2,5,14H2,1H3;1H/t11-,12+;/m0./s1. The van der Waals surface area contributed by atoms with Crippen LogP contribution in [0.2, 0.25) is 0 Å². The predicted octanol–water partition coefficient (Wildman–Crippen LogP) is 2.14. The van der Waals surface area contributed by atoms with Crippen LogP contribution in [0, 0.1) is 11.3 Å². The first-order valence-electron chi connectivity index (χ1n) is 5.13. The lowest BCUT2D eigenvalue weighted by molar-refractivity contribution is 0.134. The highest BCUT2D eigenvalue weighted by Gasteiger charge is 2.18. The van der Waals surface area contributed by atoms with Gasteiger partial charge in [-0.15, -0.1) is 12.4 Å². The number of nitriles is 1. The largest absolute Gasteiger partial charge is 0.391 e. The molecule has 3 nitrogen and oxygen atoms in total. The van der Waals surface area contributed by atoms with Crippen molar-refractivity contribution >= 4 is 12.4 Å². The molecular formula is C12H17ClN2O. The molecule has 0 aliphatic carbocycles. The van der Waals surface area contributed by atoms with Crippen molar-refractivity contribution in [2.75, 3.05) is 0 Å². The lowest BCUT2D eigenvalue weighted by Gasteiger charge is -2.19. The summed E-state index contributed by atoms with van der Waals surface area (Å²) in [6.45, 7) is 1.99. The molecule has 1 aromatic rings. The third kappa shape index (κ3) is 3.49. The number of aliphatic hydroxyl groups is 1. The number of nitrogens with two attached hydrogens (primary N) is 1. The van der Waals surface area contributed by atoms with Crippen molar-refractivity contribution in [1.29, 1.82) is 5.26 Å². The van der Waals surface area contributed by atoms with Gasteiger partial charge >= 0.3 is 0 Å². The smallest absolute Gasteiger partial charge is 0.0995 e. The molecular weight excluding hydrogens is 224 g/mol. The van der Waals surface area contributed by atoms with Gasteiger partial charge in [0.1, 0.15) is 0 Å².